The minimum absolute atomic E-state index is 0.0354. The van der Waals surface area contributed by atoms with E-state index in [9.17, 15) is 19.2 Å². The molecule has 1 unspecified atom stereocenters. The van der Waals surface area contributed by atoms with Crippen molar-refractivity contribution < 1.29 is 19.2 Å². The van der Waals surface area contributed by atoms with Gasteiger partial charge in [-0.1, -0.05) is 48.1 Å². The Kier molecular flexibility index (Phi) is 8.20. The van der Waals surface area contributed by atoms with Gasteiger partial charge in [-0.05, 0) is 50.5 Å². The molecule has 0 radical (unpaired) electrons. The van der Waals surface area contributed by atoms with Crippen molar-refractivity contribution in [3.05, 3.63) is 64.7 Å². The van der Waals surface area contributed by atoms with Gasteiger partial charge >= 0.3 is 0 Å². The van der Waals surface area contributed by atoms with E-state index in [2.05, 4.69) is 20.8 Å². The molecule has 2 fully saturated rings. The first-order valence-corrected chi connectivity index (χ1v) is 14.3. The molecule has 10 nitrogen and oxygen atoms in total. The Morgan fingerprint density at radius 2 is 1.70 bits per heavy atom. The molecular weight excluding hydrogens is 528 g/mol. The fraction of sp³-hybridized carbons (Fsp3) is 0.379. The molecule has 11 heteroatoms. The maximum atomic E-state index is 13.2. The predicted molar refractivity (Wildman–Crippen MR) is 153 cm³/mol. The van der Waals surface area contributed by atoms with Gasteiger partial charge in [-0.25, -0.2) is 0 Å². The number of hydrogen-bond donors (Lipinski definition) is 2. The molecule has 5 rings (SSSR count). The van der Waals surface area contributed by atoms with E-state index in [1.807, 2.05) is 38.1 Å². The summed E-state index contributed by atoms with van der Waals surface area (Å²) in [6, 6.07) is 14.6. The quantitative estimate of drug-likeness (QED) is 0.452. The number of carbonyl (C=O) groups excluding carboxylic acids is 4. The van der Waals surface area contributed by atoms with Crippen LogP contribution in [0, 0.1) is 18.8 Å². The Morgan fingerprint density at radius 3 is 2.40 bits per heavy atom. The topological polar surface area (TPSA) is 125 Å². The van der Waals surface area contributed by atoms with E-state index in [1.165, 1.54) is 11.3 Å². The van der Waals surface area contributed by atoms with Gasteiger partial charge < -0.3 is 15.1 Å². The zero-order valence-corrected chi connectivity index (χ0v) is 23.4. The molecule has 2 aliphatic heterocycles. The number of carbonyl (C=O) groups is 4. The Bertz CT molecular complexity index is 1410. The SMILES string of the molecule is CCc1nnc(NC(=O)c2ccccc2NC(=O)C2CCN(C(=O)C3CC(=O)N(c4ccc(C)cc4)C3)CC2)s1. The van der Waals surface area contributed by atoms with Gasteiger partial charge in [0, 0.05) is 37.7 Å². The molecule has 0 bridgehead atoms. The average Bonchev–Trinajstić information content (AvgIpc) is 3.59. The van der Waals surface area contributed by atoms with Crippen LogP contribution >= 0.6 is 11.3 Å². The van der Waals surface area contributed by atoms with Gasteiger partial charge in [-0.15, -0.1) is 10.2 Å². The number of anilines is 3. The second-order valence-electron chi connectivity index (χ2n) is 10.2. The van der Waals surface area contributed by atoms with Gasteiger partial charge in [-0.3, -0.25) is 24.5 Å². The van der Waals surface area contributed by atoms with Crippen molar-refractivity contribution >= 4 is 51.5 Å². The number of nitrogens with zero attached hydrogens (tertiary/aromatic N) is 4. The first kappa shape index (κ1) is 27.4. The lowest BCUT2D eigenvalue weighted by atomic mass is 9.94. The first-order valence-electron chi connectivity index (χ1n) is 13.5. The highest BCUT2D eigenvalue weighted by molar-refractivity contribution is 7.15. The van der Waals surface area contributed by atoms with Crippen molar-refractivity contribution in [2.45, 2.75) is 39.5 Å². The number of para-hydroxylation sites is 1. The van der Waals surface area contributed by atoms with Crippen LogP contribution in [-0.4, -0.2) is 58.4 Å². The van der Waals surface area contributed by atoms with Crippen LogP contribution in [0.25, 0.3) is 0 Å². The highest BCUT2D eigenvalue weighted by atomic mass is 32.1. The summed E-state index contributed by atoms with van der Waals surface area (Å²) in [7, 11) is 0. The Morgan fingerprint density at radius 1 is 0.975 bits per heavy atom. The fourth-order valence-corrected chi connectivity index (χ4v) is 5.78. The minimum atomic E-state index is -0.383. The molecule has 208 valence electrons. The number of nitrogens with one attached hydrogen (secondary N) is 2. The Balaban J connectivity index is 1.15. The summed E-state index contributed by atoms with van der Waals surface area (Å²) in [4.78, 5) is 55.3. The van der Waals surface area contributed by atoms with Crippen LogP contribution in [0.4, 0.5) is 16.5 Å². The molecule has 2 saturated heterocycles. The largest absolute Gasteiger partial charge is 0.342 e. The molecule has 40 heavy (non-hydrogen) atoms. The number of amides is 4. The Hall–Kier alpha value is -4.12. The highest BCUT2D eigenvalue weighted by Gasteiger charge is 2.38. The number of likely N-dealkylation sites (tertiary alicyclic amines) is 1. The molecule has 0 saturated carbocycles. The van der Waals surface area contributed by atoms with Crippen LogP contribution in [0.15, 0.2) is 48.5 Å². The summed E-state index contributed by atoms with van der Waals surface area (Å²) in [6.45, 7) is 5.23. The van der Waals surface area contributed by atoms with Gasteiger partial charge in [0.1, 0.15) is 5.01 Å². The predicted octanol–water partition coefficient (Wildman–Crippen LogP) is 3.89. The number of hydrogen-bond acceptors (Lipinski definition) is 7. The van der Waals surface area contributed by atoms with Crippen LogP contribution in [0.2, 0.25) is 0 Å². The monoisotopic (exact) mass is 560 g/mol. The molecule has 2 aromatic carbocycles. The summed E-state index contributed by atoms with van der Waals surface area (Å²) in [6.07, 6.45) is 1.95. The molecule has 2 aliphatic rings. The van der Waals surface area contributed by atoms with E-state index >= 15 is 0 Å². The van der Waals surface area contributed by atoms with Gasteiger partial charge in [0.25, 0.3) is 5.91 Å². The van der Waals surface area contributed by atoms with E-state index in [-0.39, 0.29) is 41.9 Å². The third-order valence-corrected chi connectivity index (χ3v) is 8.40. The summed E-state index contributed by atoms with van der Waals surface area (Å²) in [5.74, 6) is -1.31. The molecular formula is C29H32N6O4S. The van der Waals surface area contributed by atoms with Gasteiger partial charge in [0.05, 0.1) is 17.2 Å². The molecule has 4 amide bonds. The number of rotatable bonds is 7. The second kappa shape index (κ2) is 12.0. The van der Waals surface area contributed by atoms with E-state index in [0.29, 0.717) is 48.9 Å². The maximum Gasteiger partial charge on any atom is 0.259 e. The van der Waals surface area contributed by atoms with Crippen molar-refractivity contribution in [1.82, 2.24) is 15.1 Å². The molecule has 0 aliphatic carbocycles. The highest BCUT2D eigenvalue weighted by Crippen LogP contribution is 2.29. The van der Waals surface area contributed by atoms with Crippen molar-refractivity contribution in [1.29, 1.82) is 0 Å². The zero-order valence-electron chi connectivity index (χ0n) is 22.6. The Labute approximate surface area is 236 Å². The maximum absolute atomic E-state index is 13.2. The van der Waals surface area contributed by atoms with Crippen molar-refractivity contribution in [2.24, 2.45) is 11.8 Å². The number of piperidine rings is 1. The van der Waals surface area contributed by atoms with E-state index in [1.54, 1.807) is 34.1 Å². The average molecular weight is 561 g/mol. The number of benzene rings is 2. The third-order valence-electron chi connectivity index (χ3n) is 7.42. The molecule has 3 heterocycles. The summed E-state index contributed by atoms with van der Waals surface area (Å²) >= 11 is 1.31. The lowest BCUT2D eigenvalue weighted by molar-refractivity contribution is -0.138. The van der Waals surface area contributed by atoms with Crippen molar-refractivity contribution in [2.75, 3.05) is 35.2 Å². The van der Waals surface area contributed by atoms with Crippen LogP contribution < -0.4 is 15.5 Å². The number of aryl methyl sites for hydroxylation is 2. The molecule has 1 aromatic heterocycles. The van der Waals surface area contributed by atoms with Crippen LogP contribution in [0.1, 0.15) is 47.1 Å². The molecule has 2 N–H and O–H groups in total. The normalized spacial score (nSPS) is 17.6. The zero-order chi connectivity index (χ0) is 28.2. The molecule has 3 aromatic rings. The van der Waals surface area contributed by atoms with Crippen LogP contribution in [-0.2, 0) is 20.8 Å². The van der Waals surface area contributed by atoms with Crippen LogP contribution in [0.5, 0.6) is 0 Å². The molecule has 1 atom stereocenters. The third kappa shape index (κ3) is 6.04. The van der Waals surface area contributed by atoms with Gasteiger partial charge in [0.15, 0.2) is 0 Å². The summed E-state index contributed by atoms with van der Waals surface area (Å²) in [5.41, 5.74) is 2.68. The summed E-state index contributed by atoms with van der Waals surface area (Å²) < 4.78 is 0. The van der Waals surface area contributed by atoms with Gasteiger partial charge in [-0.2, -0.15) is 0 Å². The van der Waals surface area contributed by atoms with E-state index in [0.717, 1.165) is 22.7 Å². The number of aromatic nitrogens is 2. The smallest absolute Gasteiger partial charge is 0.259 e. The lowest BCUT2D eigenvalue weighted by Gasteiger charge is -2.33. The van der Waals surface area contributed by atoms with E-state index < -0.39 is 0 Å². The van der Waals surface area contributed by atoms with E-state index in [4.69, 9.17) is 0 Å². The summed E-state index contributed by atoms with van der Waals surface area (Å²) in [5, 5.41) is 14.9. The fourth-order valence-electron chi connectivity index (χ4n) is 5.10. The van der Waals surface area contributed by atoms with Crippen molar-refractivity contribution in [3.8, 4) is 0 Å². The van der Waals surface area contributed by atoms with Crippen molar-refractivity contribution in [3.63, 3.8) is 0 Å². The van der Waals surface area contributed by atoms with Gasteiger partial charge in [0.2, 0.25) is 22.9 Å². The minimum Gasteiger partial charge on any atom is -0.342 e. The second-order valence-corrected chi connectivity index (χ2v) is 11.2. The van der Waals surface area contributed by atoms with Crippen LogP contribution in [0.3, 0.4) is 0 Å². The first-order chi connectivity index (χ1) is 19.3. The lowest BCUT2D eigenvalue weighted by Crippen LogP contribution is -2.44. The standard InChI is InChI=1S/C29H32N6O4S/c1-3-24-32-33-29(40-24)31-27(38)22-6-4-5-7-23(22)30-26(37)19-12-14-34(15-13-19)28(39)20-16-25(36)35(17-20)21-10-8-18(2)9-11-21/h4-11,19-20H,3,12-17H2,1-2H3,(H,30,37)(H,31,33,38). The molecule has 0 spiro atoms.